The van der Waals surface area contributed by atoms with Gasteiger partial charge >= 0.3 is 0 Å². The van der Waals surface area contributed by atoms with E-state index in [1.165, 1.54) is 0 Å². The largest absolute Gasteiger partial charge is 0.377 e. The predicted octanol–water partition coefficient (Wildman–Crippen LogP) is 2.61. The van der Waals surface area contributed by atoms with Crippen LogP contribution in [0.2, 0.25) is 0 Å². The van der Waals surface area contributed by atoms with E-state index < -0.39 is 0 Å². The van der Waals surface area contributed by atoms with Gasteiger partial charge in [0.15, 0.2) is 5.96 Å². The van der Waals surface area contributed by atoms with Crippen LogP contribution in [0.25, 0.3) is 0 Å². The van der Waals surface area contributed by atoms with E-state index in [1.807, 2.05) is 6.07 Å². The van der Waals surface area contributed by atoms with E-state index in [9.17, 15) is 4.39 Å². The topological polar surface area (TPSA) is 54.9 Å². The van der Waals surface area contributed by atoms with Gasteiger partial charge in [0.25, 0.3) is 0 Å². The van der Waals surface area contributed by atoms with Crippen LogP contribution in [0.1, 0.15) is 24.0 Å². The molecule has 0 aromatic heterocycles. The number of nitrogens with zero attached hydrogens (tertiary/aromatic N) is 1. The van der Waals surface area contributed by atoms with Gasteiger partial charge in [-0.05, 0) is 37.0 Å². The summed E-state index contributed by atoms with van der Waals surface area (Å²) in [7, 11) is 1.71. The number of guanidine groups is 1. The molecule has 2 N–H and O–H groups in total. The van der Waals surface area contributed by atoms with Gasteiger partial charge in [-0.1, -0.05) is 12.1 Å². The lowest BCUT2D eigenvalue weighted by Gasteiger charge is -2.13. The summed E-state index contributed by atoms with van der Waals surface area (Å²) in [6, 6.07) is 5.23. The Morgan fingerprint density at radius 2 is 2.25 bits per heavy atom. The summed E-state index contributed by atoms with van der Waals surface area (Å²) < 4.78 is 24.6. The van der Waals surface area contributed by atoms with Crippen LogP contribution in [0.3, 0.4) is 0 Å². The van der Waals surface area contributed by atoms with Gasteiger partial charge in [-0.2, -0.15) is 0 Å². The molecule has 5 nitrogen and oxygen atoms in total. The van der Waals surface area contributed by atoms with Crippen molar-refractivity contribution in [3.05, 3.63) is 35.1 Å². The van der Waals surface area contributed by atoms with Crippen LogP contribution >= 0.6 is 24.0 Å². The Kier molecular flexibility index (Phi) is 10.2. The third-order valence-electron chi connectivity index (χ3n) is 3.79. The quantitative estimate of drug-likeness (QED) is 0.290. The van der Waals surface area contributed by atoms with Crippen molar-refractivity contribution in [3.8, 4) is 0 Å². The third-order valence-corrected chi connectivity index (χ3v) is 3.79. The first kappa shape index (κ1) is 21.1. The van der Waals surface area contributed by atoms with Gasteiger partial charge in [0.2, 0.25) is 0 Å². The first-order valence-corrected chi connectivity index (χ1v) is 8.08. The Balaban J connectivity index is 0.00000288. The van der Waals surface area contributed by atoms with Crippen LogP contribution in [0.15, 0.2) is 23.2 Å². The molecule has 0 aliphatic carbocycles. The normalized spacial score (nSPS) is 17.5. The van der Waals surface area contributed by atoms with Crippen molar-refractivity contribution < 1.29 is 13.9 Å². The van der Waals surface area contributed by atoms with Crippen molar-refractivity contribution >= 4 is 29.9 Å². The summed E-state index contributed by atoms with van der Waals surface area (Å²) in [4.78, 5) is 4.14. The van der Waals surface area contributed by atoms with Gasteiger partial charge in [0.05, 0.1) is 19.3 Å². The second-order valence-corrected chi connectivity index (χ2v) is 5.65. The average molecular weight is 451 g/mol. The third kappa shape index (κ3) is 7.31. The molecule has 1 heterocycles. The summed E-state index contributed by atoms with van der Waals surface area (Å²) in [6.45, 7) is 5.03. The first-order valence-electron chi connectivity index (χ1n) is 8.08. The number of ether oxygens (including phenoxy) is 2. The Morgan fingerprint density at radius 3 is 2.92 bits per heavy atom. The molecular weight excluding hydrogens is 424 g/mol. The van der Waals surface area contributed by atoms with E-state index in [2.05, 4.69) is 15.6 Å². The summed E-state index contributed by atoms with van der Waals surface area (Å²) in [5, 5.41) is 6.33. The van der Waals surface area contributed by atoms with Crippen LogP contribution in [-0.2, 0) is 16.0 Å². The molecule has 0 amide bonds. The maximum Gasteiger partial charge on any atom is 0.191 e. The van der Waals surface area contributed by atoms with Crippen molar-refractivity contribution in [2.45, 2.75) is 32.4 Å². The van der Waals surface area contributed by atoms with Crippen molar-refractivity contribution in [2.24, 2.45) is 4.99 Å². The summed E-state index contributed by atoms with van der Waals surface area (Å²) in [5.41, 5.74) is 1.53. The highest BCUT2D eigenvalue weighted by molar-refractivity contribution is 14.0. The number of rotatable bonds is 7. The fourth-order valence-corrected chi connectivity index (χ4v) is 2.38. The van der Waals surface area contributed by atoms with Crippen LogP contribution in [0.4, 0.5) is 4.39 Å². The lowest BCUT2D eigenvalue weighted by molar-refractivity contribution is 0.0191. The SMILES string of the molecule is CN=C(NCCOCC1CCCO1)NCc1ccc(C)c(F)c1.I. The van der Waals surface area contributed by atoms with Crippen LogP contribution in [0.5, 0.6) is 0 Å². The highest BCUT2D eigenvalue weighted by Gasteiger charge is 2.14. The molecule has 1 saturated heterocycles. The van der Waals surface area contributed by atoms with Crippen molar-refractivity contribution in [1.29, 1.82) is 0 Å². The van der Waals surface area contributed by atoms with Gasteiger partial charge in [-0.3, -0.25) is 4.99 Å². The van der Waals surface area contributed by atoms with E-state index >= 15 is 0 Å². The smallest absolute Gasteiger partial charge is 0.191 e. The van der Waals surface area contributed by atoms with E-state index in [0.29, 0.717) is 37.8 Å². The molecule has 0 saturated carbocycles. The molecule has 1 unspecified atom stereocenters. The van der Waals surface area contributed by atoms with Crippen LogP contribution in [0, 0.1) is 12.7 Å². The van der Waals surface area contributed by atoms with Gasteiger partial charge in [0.1, 0.15) is 5.82 Å². The second kappa shape index (κ2) is 11.6. The Hall–Kier alpha value is -0.930. The molecule has 1 aliphatic heterocycles. The number of hydrogen-bond acceptors (Lipinski definition) is 3. The van der Waals surface area contributed by atoms with Gasteiger partial charge < -0.3 is 20.1 Å². The molecule has 24 heavy (non-hydrogen) atoms. The minimum atomic E-state index is -0.185. The predicted molar refractivity (Wildman–Crippen MR) is 105 cm³/mol. The molecule has 0 bridgehead atoms. The minimum absolute atomic E-state index is 0. The standard InChI is InChI=1S/C17H26FN3O2.HI/c1-13-5-6-14(10-16(13)18)11-21-17(19-2)20-7-9-22-12-15-4-3-8-23-15;/h5-6,10,15H,3-4,7-9,11-12H2,1-2H3,(H2,19,20,21);1H. The average Bonchev–Trinajstić information content (AvgIpc) is 3.06. The lowest BCUT2D eigenvalue weighted by atomic mass is 10.1. The Labute approximate surface area is 160 Å². The van der Waals surface area contributed by atoms with Crippen molar-refractivity contribution in [1.82, 2.24) is 10.6 Å². The molecular formula is C17H27FIN3O2. The zero-order valence-corrected chi connectivity index (χ0v) is 16.6. The Morgan fingerprint density at radius 1 is 1.42 bits per heavy atom. The van der Waals surface area contributed by atoms with E-state index in [0.717, 1.165) is 25.0 Å². The molecule has 136 valence electrons. The second-order valence-electron chi connectivity index (χ2n) is 5.65. The minimum Gasteiger partial charge on any atom is -0.377 e. The summed E-state index contributed by atoms with van der Waals surface area (Å²) in [5.74, 6) is 0.487. The zero-order valence-electron chi connectivity index (χ0n) is 14.3. The monoisotopic (exact) mass is 451 g/mol. The van der Waals surface area contributed by atoms with E-state index in [1.54, 1.807) is 26.1 Å². The van der Waals surface area contributed by atoms with Crippen LogP contribution < -0.4 is 10.6 Å². The van der Waals surface area contributed by atoms with E-state index in [-0.39, 0.29) is 35.9 Å². The molecule has 1 fully saturated rings. The molecule has 0 radical (unpaired) electrons. The number of aliphatic imine (C=N–C) groups is 1. The molecule has 0 spiro atoms. The number of halogens is 2. The molecule has 2 rings (SSSR count). The number of nitrogens with one attached hydrogen (secondary N) is 2. The highest BCUT2D eigenvalue weighted by Crippen LogP contribution is 2.11. The molecule has 1 aromatic carbocycles. The van der Waals surface area contributed by atoms with Gasteiger partial charge in [0, 0.05) is 26.7 Å². The van der Waals surface area contributed by atoms with Crippen molar-refractivity contribution in [3.63, 3.8) is 0 Å². The number of aryl methyl sites for hydroxylation is 1. The summed E-state index contributed by atoms with van der Waals surface area (Å²) >= 11 is 0. The fourth-order valence-electron chi connectivity index (χ4n) is 2.38. The first-order chi connectivity index (χ1) is 11.2. The van der Waals surface area contributed by atoms with Gasteiger partial charge in [-0.15, -0.1) is 24.0 Å². The van der Waals surface area contributed by atoms with Crippen molar-refractivity contribution in [2.75, 3.05) is 33.4 Å². The molecule has 1 aromatic rings. The fraction of sp³-hybridized carbons (Fsp3) is 0.588. The lowest BCUT2D eigenvalue weighted by Crippen LogP contribution is -2.38. The molecule has 1 aliphatic rings. The number of benzene rings is 1. The highest BCUT2D eigenvalue weighted by atomic mass is 127. The maximum absolute atomic E-state index is 13.5. The summed E-state index contributed by atoms with van der Waals surface area (Å²) in [6.07, 6.45) is 2.47. The zero-order chi connectivity index (χ0) is 16.5. The Bertz CT molecular complexity index is 523. The van der Waals surface area contributed by atoms with Gasteiger partial charge in [-0.25, -0.2) is 4.39 Å². The number of hydrogen-bond donors (Lipinski definition) is 2. The van der Waals surface area contributed by atoms with Crippen LogP contribution in [-0.4, -0.2) is 45.5 Å². The molecule has 1 atom stereocenters. The van der Waals surface area contributed by atoms with E-state index in [4.69, 9.17) is 9.47 Å². The molecule has 7 heteroatoms. The maximum atomic E-state index is 13.5.